The maximum absolute atomic E-state index is 11.8. The second-order valence-electron chi connectivity index (χ2n) is 5.12. The van der Waals surface area contributed by atoms with E-state index in [1.807, 2.05) is 11.9 Å². The van der Waals surface area contributed by atoms with Gasteiger partial charge in [0.05, 0.1) is 6.04 Å². The molecule has 0 aromatic heterocycles. The highest BCUT2D eigenvalue weighted by atomic mass is 16.2. The molecular weight excluding hydrogens is 200 g/mol. The fourth-order valence-electron chi connectivity index (χ4n) is 2.27. The summed E-state index contributed by atoms with van der Waals surface area (Å²) in [6.45, 7) is 7.61. The first-order valence-electron chi connectivity index (χ1n) is 6.59. The first-order valence-corrected chi connectivity index (χ1v) is 6.59. The van der Waals surface area contributed by atoms with Crippen LogP contribution in [-0.2, 0) is 4.79 Å². The Morgan fingerprint density at radius 1 is 1.44 bits per heavy atom. The Bertz CT molecular complexity index is 230. The van der Waals surface area contributed by atoms with Gasteiger partial charge < -0.3 is 10.2 Å². The quantitative estimate of drug-likeness (QED) is 0.751. The molecule has 1 aliphatic rings. The smallest absolute Gasteiger partial charge is 0.239 e. The normalized spacial score (nSPS) is 24.9. The predicted molar refractivity (Wildman–Crippen MR) is 67.3 cm³/mol. The van der Waals surface area contributed by atoms with Crippen LogP contribution in [0.2, 0.25) is 0 Å². The van der Waals surface area contributed by atoms with Crippen molar-refractivity contribution in [1.29, 1.82) is 0 Å². The summed E-state index contributed by atoms with van der Waals surface area (Å²) in [5, 5.41) is 3.52. The van der Waals surface area contributed by atoms with E-state index >= 15 is 0 Å². The van der Waals surface area contributed by atoms with Crippen molar-refractivity contribution in [3.05, 3.63) is 0 Å². The Morgan fingerprint density at radius 2 is 2.12 bits per heavy atom. The van der Waals surface area contributed by atoms with Gasteiger partial charge in [0.25, 0.3) is 0 Å². The molecule has 0 aromatic carbocycles. The Balaban J connectivity index is 2.41. The molecule has 1 rings (SSSR count). The van der Waals surface area contributed by atoms with E-state index in [0.29, 0.717) is 6.04 Å². The van der Waals surface area contributed by atoms with Crippen molar-refractivity contribution < 1.29 is 4.79 Å². The van der Waals surface area contributed by atoms with Crippen molar-refractivity contribution in [2.75, 3.05) is 13.6 Å². The minimum atomic E-state index is 0.0685. The Morgan fingerprint density at radius 3 is 2.56 bits per heavy atom. The van der Waals surface area contributed by atoms with Gasteiger partial charge in [-0.05, 0) is 25.2 Å². The van der Waals surface area contributed by atoms with Gasteiger partial charge >= 0.3 is 0 Å². The van der Waals surface area contributed by atoms with E-state index in [-0.39, 0.29) is 11.9 Å². The molecule has 0 spiro atoms. The van der Waals surface area contributed by atoms with E-state index in [2.05, 4.69) is 26.1 Å². The van der Waals surface area contributed by atoms with Crippen LogP contribution in [0.15, 0.2) is 0 Å². The molecule has 16 heavy (non-hydrogen) atoms. The molecule has 94 valence electrons. The molecule has 3 heteroatoms. The summed E-state index contributed by atoms with van der Waals surface area (Å²) in [5.74, 6) is 1.01. The van der Waals surface area contributed by atoms with Crippen molar-refractivity contribution in [3.8, 4) is 0 Å². The Hall–Kier alpha value is -0.570. The fraction of sp³-hybridized carbons (Fsp3) is 0.923. The molecule has 0 radical (unpaired) electrons. The zero-order valence-electron chi connectivity index (χ0n) is 11.1. The molecule has 1 aliphatic heterocycles. The number of hydrogen-bond donors (Lipinski definition) is 1. The predicted octanol–water partition coefficient (Wildman–Crippen LogP) is 2.02. The molecule has 0 aliphatic carbocycles. The number of hydrogen-bond acceptors (Lipinski definition) is 2. The van der Waals surface area contributed by atoms with E-state index in [1.165, 1.54) is 12.8 Å². The maximum Gasteiger partial charge on any atom is 0.239 e. The first-order chi connectivity index (χ1) is 7.58. The molecule has 0 bridgehead atoms. The molecule has 3 atom stereocenters. The maximum atomic E-state index is 11.8. The van der Waals surface area contributed by atoms with E-state index in [0.717, 1.165) is 25.3 Å². The highest BCUT2D eigenvalue weighted by Gasteiger charge is 2.30. The Kier molecular flexibility index (Phi) is 5.26. The monoisotopic (exact) mass is 226 g/mol. The standard InChI is InChI=1S/C13H26N2O/c1-5-10(3)9-11(6-2)14-12-7-8-15(4)13(12)16/h10-12,14H,5-9H2,1-4H3. The minimum Gasteiger partial charge on any atom is -0.344 e. The number of amides is 1. The Labute approximate surface area is 99.6 Å². The highest BCUT2D eigenvalue weighted by molar-refractivity contribution is 5.83. The zero-order valence-corrected chi connectivity index (χ0v) is 11.1. The van der Waals surface area contributed by atoms with Crippen LogP contribution in [0.3, 0.4) is 0 Å². The fourth-order valence-corrected chi connectivity index (χ4v) is 2.27. The number of nitrogens with zero attached hydrogens (tertiary/aromatic N) is 1. The van der Waals surface area contributed by atoms with Gasteiger partial charge in [0, 0.05) is 19.6 Å². The number of nitrogens with one attached hydrogen (secondary N) is 1. The molecular formula is C13H26N2O. The third-order valence-corrected chi connectivity index (χ3v) is 3.74. The van der Waals surface area contributed by atoms with Crippen LogP contribution < -0.4 is 5.32 Å². The SMILES string of the molecule is CCC(C)CC(CC)NC1CCN(C)C1=O. The summed E-state index contributed by atoms with van der Waals surface area (Å²) < 4.78 is 0. The minimum absolute atomic E-state index is 0.0685. The lowest BCUT2D eigenvalue weighted by atomic mass is 9.97. The van der Waals surface area contributed by atoms with Gasteiger partial charge in [-0.3, -0.25) is 4.79 Å². The van der Waals surface area contributed by atoms with Crippen molar-refractivity contribution in [1.82, 2.24) is 10.2 Å². The molecule has 1 N–H and O–H groups in total. The average molecular weight is 226 g/mol. The van der Waals surface area contributed by atoms with Gasteiger partial charge in [-0.2, -0.15) is 0 Å². The van der Waals surface area contributed by atoms with Crippen molar-refractivity contribution in [3.63, 3.8) is 0 Å². The second kappa shape index (κ2) is 6.24. The van der Waals surface area contributed by atoms with Crippen LogP contribution in [0.4, 0.5) is 0 Å². The number of rotatable bonds is 6. The molecule has 3 nitrogen and oxygen atoms in total. The van der Waals surface area contributed by atoms with Crippen LogP contribution in [0.5, 0.6) is 0 Å². The van der Waals surface area contributed by atoms with E-state index in [1.54, 1.807) is 0 Å². The first kappa shape index (κ1) is 13.5. The summed E-state index contributed by atoms with van der Waals surface area (Å²) in [6.07, 6.45) is 4.47. The van der Waals surface area contributed by atoms with Crippen LogP contribution in [-0.4, -0.2) is 36.5 Å². The lowest BCUT2D eigenvalue weighted by Crippen LogP contribution is -2.43. The molecule has 0 saturated carbocycles. The van der Waals surface area contributed by atoms with Gasteiger partial charge in [0.2, 0.25) is 5.91 Å². The van der Waals surface area contributed by atoms with Crippen LogP contribution >= 0.6 is 0 Å². The van der Waals surface area contributed by atoms with E-state index in [4.69, 9.17) is 0 Å². The number of carbonyl (C=O) groups is 1. The van der Waals surface area contributed by atoms with Gasteiger partial charge in [-0.15, -0.1) is 0 Å². The molecule has 0 aromatic rings. The lowest BCUT2D eigenvalue weighted by Gasteiger charge is -2.23. The van der Waals surface area contributed by atoms with Gasteiger partial charge in [-0.25, -0.2) is 0 Å². The summed E-state index contributed by atoms with van der Waals surface area (Å²) >= 11 is 0. The van der Waals surface area contributed by atoms with Crippen LogP contribution in [0.25, 0.3) is 0 Å². The number of likely N-dealkylation sites (N-methyl/N-ethyl adjacent to an activating group) is 1. The molecule has 1 amide bonds. The highest BCUT2D eigenvalue weighted by Crippen LogP contribution is 2.15. The summed E-state index contributed by atoms with van der Waals surface area (Å²) in [6, 6.07) is 0.564. The largest absolute Gasteiger partial charge is 0.344 e. The summed E-state index contributed by atoms with van der Waals surface area (Å²) in [5.41, 5.74) is 0. The zero-order chi connectivity index (χ0) is 12.1. The topological polar surface area (TPSA) is 32.3 Å². The number of carbonyl (C=O) groups excluding carboxylic acids is 1. The van der Waals surface area contributed by atoms with E-state index in [9.17, 15) is 4.79 Å². The third kappa shape index (κ3) is 3.48. The van der Waals surface area contributed by atoms with Crippen molar-refractivity contribution in [2.45, 2.75) is 58.5 Å². The van der Waals surface area contributed by atoms with Crippen LogP contribution in [0.1, 0.15) is 46.5 Å². The summed E-state index contributed by atoms with van der Waals surface area (Å²) in [7, 11) is 1.89. The lowest BCUT2D eigenvalue weighted by molar-refractivity contribution is -0.128. The summed E-state index contributed by atoms with van der Waals surface area (Å²) in [4.78, 5) is 13.6. The van der Waals surface area contributed by atoms with Gasteiger partial charge in [0.1, 0.15) is 0 Å². The van der Waals surface area contributed by atoms with Gasteiger partial charge in [-0.1, -0.05) is 27.2 Å². The van der Waals surface area contributed by atoms with Crippen molar-refractivity contribution in [2.24, 2.45) is 5.92 Å². The third-order valence-electron chi connectivity index (χ3n) is 3.74. The molecule has 1 saturated heterocycles. The van der Waals surface area contributed by atoms with E-state index < -0.39 is 0 Å². The van der Waals surface area contributed by atoms with Gasteiger partial charge in [0.15, 0.2) is 0 Å². The average Bonchev–Trinajstić information content (AvgIpc) is 2.59. The molecule has 3 unspecified atom stereocenters. The number of likely N-dealkylation sites (tertiary alicyclic amines) is 1. The van der Waals surface area contributed by atoms with Crippen molar-refractivity contribution >= 4 is 5.91 Å². The van der Waals surface area contributed by atoms with Crippen LogP contribution in [0, 0.1) is 5.92 Å². The molecule has 1 heterocycles. The second-order valence-corrected chi connectivity index (χ2v) is 5.12. The molecule has 1 fully saturated rings.